The lowest BCUT2D eigenvalue weighted by molar-refractivity contribution is -0.142. The van der Waals surface area contributed by atoms with E-state index in [9.17, 15) is 9.59 Å². The van der Waals surface area contributed by atoms with Crippen molar-refractivity contribution in [3.8, 4) is 16.2 Å². The summed E-state index contributed by atoms with van der Waals surface area (Å²) in [6.45, 7) is 9.19. The van der Waals surface area contributed by atoms with Crippen molar-refractivity contribution in [3.05, 3.63) is 76.2 Å². The van der Waals surface area contributed by atoms with Gasteiger partial charge in [0.15, 0.2) is 0 Å². The highest BCUT2D eigenvalue weighted by molar-refractivity contribution is 7.17. The molecular formula is C24H24O3S. The van der Waals surface area contributed by atoms with Gasteiger partial charge in [0, 0.05) is 10.4 Å². The van der Waals surface area contributed by atoms with Crippen LogP contribution in [0.25, 0.3) is 10.4 Å². The minimum atomic E-state index is -0.582. The first-order valence-electron chi connectivity index (χ1n) is 9.20. The van der Waals surface area contributed by atoms with Crippen LogP contribution in [0, 0.1) is 19.3 Å². The monoisotopic (exact) mass is 392 g/mol. The highest BCUT2D eigenvalue weighted by Gasteiger charge is 2.25. The molecule has 1 aromatic heterocycles. The van der Waals surface area contributed by atoms with Crippen molar-refractivity contribution >= 4 is 23.1 Å². The largest absolute Gasteiger partial charge is 0.426 e. The molecule has 0 aliphatic carbocycles. The summed E-state index contributed by atoms with van der Waals surface area (Å²) >= 11 is 1.49. The van der Waals surface area contributed by atoms with E-state index in [4.69, 9.17) is 4.74 Å². The zero-order valence-corrected chi connectivity index (χ0v) is 17.6. The molecule has 28 heavy (non-hydrogen) atoms. The van der Waals surface area contributed by atoms with Crippen LogP contribution in [0.1, 0.15) is 47.1 Å². The van der Waals surface area contributed by atoms with Crippen LogP contribution >= 0.6 is 11.3 Å². The molecule has 0 unspecified atom stereocenters. The van der Waals surface area contributed by atoms with Crippen LogP contribution in [-0.2, 0) is 4.79 Å². The van der Waals surface area contributed by atoms with Gasteiger partial charge in [0.1, 0.15) is 5.75 Å². The van der Waals surface area contributed by atoms with Crippen LogP contribution in [0.2, 0.25) is 0 Å². The zero-order valence-electron chi connectivity index (χ0n) is 16.8. The second kappa shape index (κ2) is 7.72. The minimum Gasteiger partial charge on any atom is -0.426 e. The second-order valence-electron chi connectivity index (χ2n) is 7.93. The van der Waals surface area contributed by atoms with Gasteiger partial charge in [-0.15, -0.1) is 11.3 Å². The lowest BCUT2D eigenvalue weighted by Gasteiger charge is -2.17. The first-order chi connectivity index (χ1) is 13.2. The number of benzene rings is 2. The normalized spacial score (nSPS) is 11.3. The number of hydrogen-bond acceptors (Lipinski definition) is 4. The summed E-state index contributed by atoms with van der Waals surface area (Å²) in [5, 5.41) is 0. The third-order valence-corrected chi connectivity index (χ3v) is 5.58. The quantitative estimate of drug-likeness (QED) is 0.301. The average molecular weight is 393 g/mol. The Morgan fingerprint density at radius 1 is 0.893 bits per heavy atom. The number of ketones is 1. The van der Waals surface area contributed by atoms with E-state index >= 15 is 0 Å². The van der Waals surface area contributed by atoms with Gasteiger partial charge in [-0.3, -0.25) is 9.59 Å². The van der Waals surface area contributed by atoms with E-state index in [1.165, 1.54) is 11.3 Å². The number of ether oxygens (including phenoxy) is 1. The lowest BCUT2D eigenvalue weighted by atomic mass is 9.96. The molecule has 0 N–H and O–H groups in total. The molecule has 0 saturated carbocycles. The molecule has 0 bridgehead atoms. The maximum atomic E-state index is 13.1. The summed E-state index contributed by atoms with van der Waals surface area (Å²) in [6, 6.07) is 17.4. The summed E-state index contributed by atoms with van der Waals surface area (Å²) in [6.07, 6.45) is 0. The Hall–Kier alpha value is -2.72. The van der Waals surface area contributed by atoms with E-state index in [2.05, 4.69) is 0 Å². The second-order valence-corrected chi connectivity index (χ2v) is 9.01. The first-order valence-corrected chi connectivity index (χ1v) is 10.0. The predicted octanol–water partition coefficient (Wildman–Crippen LogP) is 6.21. The van der Waals surface area contributed by atoms with Crippen molar-refractivity contribution in [1.29, 1.82) is 0 Å². The third-order valence-electron chi connectivity index (χ3n) is 4.44. The molecule has 2 aromatic carbocycles. The summed E-state index contributed by atoms with van der Waals surface area (Å²) < 4.78 is 5.50. The molecule has 3 aromatic rings. The highest BCUT2D eigenvalue weighted by atomic mass is 32.1. The van der Waals surface area contributed by atoms with Crippen LogP contribution in [-0.4, -0.2) is 11.8 Å². The fourth-order valence-electron chi connectivity index (χ4n) is 2.94. The number of thiophene rings is 1. The Kier molecular flexibility index (Phi) is 5.52. The van der Waals surface area contributed by atoms with Gasteiger partial charge >= 0.3 is 5.97 Å². The van der Waals surface area contributed by atoms with Gasteiger partial charge in [-0.2, -0.15) is 0 Å². The molecule has 1 heterocycles. The third kappa shape index (κ3) is 4.23. The van der Waals surface area contributed by atoms with Crippen molar-refractivity contribution in [1.82, 2.24) is 0 Å². The predicted molar refractivity (Wildman–Crippen MR) is 114 cm³/mol. The molecule has 3 nitrogen and oxygen atoms in total. The fraction of sp³-hybridized carbons (Fsp3) is 0.250. The molecule has 144 valence electrons. The van der Waals surface area contributed by atoms with Crippen molar-refractivity contribution < 1.29 is 14.3 Å². The molecule has 0 fully saturated rings. The van der Waals surface area contributed by atoms with E-state index in [1.54, 1.807) is 12.1 Å². The van der Waals surface area contributed by atoms with Crippen molar-refractivity contribution in [2.45, 2.75) is 34.6 Å². The minimum absolute atomic E-state index is 0.00382. The summed E-state index contributed by atoms with van der Waals surface area (Å²) in [4.78, 5) is 27.0. The standard InChI is InChI=1S/C24H24O3S/c1-15-13-18(27-23(26)24(3,4)5)14-16(2)21(15)22(25)20-12-11-19(28-20)17-9-7-6-8-10-17/h6-14H,1-5H3. The van der Waals surface area contributed by atoms with Crippen LogP contribution in [0.3, 0.4) is 0 Å². The fourth-order valence-corrected chi connectivity index (χ4v) is 3.90. The summed E-state index contributed by atoms with van der Waals surface area (Å²) in [5.74, 6) is 0.176. The number of rotatable bonds is 4. The molecule has 0 radical (unpaired) electrons. The van der Waals surface area contributed by atoms with Crippen LogP contribution < -0.4 is 4.74 Å². The maximum Gasteiger partial charge on any atom is 0.316 e. The molecule has 0 atom stereocenters. The first kappa shape index (κ1) is 20.0. The topological polar surface area (TPSA) is 43.4 Å². The van der Waals surface area contributed by atoms with Gasteiger partial charge in [0.25, 0.3) is 0 Å². The lowest BCUT2D eigenvalue weighted by Crippen LogP contribution is -2.25. The Labute approximate surface area is 170 Å². The number of hydrogen-bond donors (Lipinski definition) is 0. The van der Waals surface area contributed by atoms with E-state index in [0.29, 0.717) is 16.2 Å². The molecule has 3 rings (SSSR count). The van der Waals surface area contributed by atoms with E-state index in [-0.39, 0.29) is 11.8 Å². The Balaban J connectivity index is 1.89. The number of carbonyl (C=O) groups is 2. The molecule has 0 spiro atoms. The Morgan fingerprint density at radius 2 is 1.50 bits per heavy atom. The van der Waals surface area contributed by atoms with Gasteiger partial charge in [0.05, 0.1) is 10.3 Å². The summed E-state index contributed by atoms with van der Waals surface area (Å²) in [5.41, 5.74) is 2.79. The molecule has 0 saturated heterocycles. The highest BCUT2D eigenvalue weighted by Crippen LogP contribution is 2.32. The van der Waals surface area contributed by atoms with Gasteiger partial charge in [0.2, 0.25) is 5.78 Å². The van der Waals surface area contributed by atoms with Crippen LogP contribution in [0.15, 0.2) is 54.6 Å². The van der Waals surface area contributed by atoms with Crippen LogP contribution in [0.4, 0.5) is 0 Å². The molecule has 0 aliphatic heterocycles. The van der Waals surface area contributed by atoms with Gasteiger partial charge in [-0.25, -0.2) is 0 Å². The molecule has 4 heteroatoms. The molecular weight excluding hydrogens is 368 g/mol. The van der Waals surface area contributed by atoms with E-state index < -0.39 is 5.41 Å². The average Bonchev–Trinajstić information content (AvgIpc) is 3.11. The van der Waals surface area contributed by atoms with E-state index in [1.807, 2.05) is 77.1 Å². The zero-order chi connectivity index (χ0) is 20.5. The van der Waals surface area contributed by atoms with Crippen molar-refractivity contribution in [3.63, 3.8) is 0 Å². The van der Waals surface area contributed by atoms with Gasteiger partial charge in [-0.1, -0.05) is 30.3 Å². The summed E-state index contributed by atoms with van der Waals surface area (Å²) in [7, 11) is 0. The van der Waals surface area contributed by atoms with Gasteiger partial charge < -0.3 is 4.74 Å². The smallest absolute Gasteiger partial charge is 0.316 e. The molecule has 0 aliphatic rings. The Bertz CT molecular complexity index is 1000. The van der Waals surface area contributed by atoms with E-state index in [0.717, 1.165) is 21.6 Å². The van der Waals surface area contributed by atoms with Crippen molar-refractivity contribution in [2.75, 3.05) is 0 Å². The number of carbonyl (C=O) groups excluding carboxylic acids is 2. The number of esters is 1. The Morgan fingerprint density at radius 3 is 2.07 bits per heavy atom. The number of aryl methyl sites for hydroxylation is 2. The van der Waals surface area contributed by atoms with Gasteiger partial charge in [-0.05, 0) is 75.6 Å². The SMILES string of the molecule is Cc1cc(OC(=O)C(C)(C)C)cc(C)c1C(=O)c1ccc(-c2ccccc2)s1. The van der Waals surface area contributed by atoms with Crippen molar-refractivity contribution in [2.24, 2.45) is 5.41 Å². The molecule has 0 amide bonds. The van der Waals surface area contributed by atoms with Crippen LogP contribution in [0.5, 0.6) is 5.75 Å². The maximum absolute atomic E-state index is 13.1.